The Morgan fingerprint density at radius 1 is 1.12 bits per heavy atom. The Morgan fingerprint density at radius 2 is 1.83 bits per heavy atom. The third kappa shape index (κ3) is 3.77. The molecule has 3 rings (SSSR count). The minimum atomic E-state index is -3.60. The molecule has 1 amide bonds. The van der Waals surface area contributed by atoms with E-state index in [0.717, 1.165) is 17.4 Å². The molecule has 24 heavy (non-hydrogen) atoms. The van der Waals surface area contributed by atoms with Gasteiger partial charge in [-0.1, -0.05) is 27.5 Å². The SMILES string of the molecule is O=C1CCCN1CN1CCN(S(=O)(=O)c2ccc(Br)cc2Cl)CC1. The fourth-order valence-electron chi connectivity index (χ4n) is 3.03. The predicted octanol–water partition coefficient (Wildman–Crippen LogP) is 1.99. The smallest absolute Gasteiger partial charge is 0.244 e. The summed E-state index contributed by atoms with van der Waals surface area (Å²) in [4.78, 5) is 15.8. The monoisotopic (exact) mass is 435 g/mol. The maximum Gasteiger partial charge on any atom is 0.244 e. The molecule has 2 heterocycles. The first kappa shape index (κ1) is 18.1. The zero-order valence-electron chi connectivity index (χ0n) is 13.1. The number of rotatable bonds is 4. The zero-order chi connectivity index (χ0) is 17.3. The fourth-order valence-corrected chi connectivity index (χ4v) is 5.46. The van der Waals surface area contributed by atoms with Gasteiger partial charge in [-0.05, 0) is 24.6 Å². The number of carbonyl (C=O) groups is 1. The second-order valence-corrected chi connectivity index (χ2v) is 9.23. The molecule has 1 aromatic rings. The van der Waals surface area contributed by atoms with Crippen LogP contribution in [0.2, 0.25) is 5.02 Å². The number of piperazine rings is 1. The van der Waals surface area contributed by atoms with Crippen molar-refractivity contribution in [3.05, 3.63) is 27.7 Å². The van der Waals surface area contributed by atoms with Gasteiger partial charge in [-0.15, -0.1) is 0 Å². The van der Waals surface area contributed by atoms with E-state index in [0.29, 0.717) is 39.3 Å². The summed E-state index contributed by atoms with van der Waals surface area (Å²) in [6.07, 6.45) is 1.53. The van der Waals surface area contributed by atoms with Gasteiger partial charge < -0.3 is 4.90 Å². The van der Waals surface area contributed by atoms with Gasteiger partial charge in [0.25, 0.3) is 0 Å². The number of sulfonamides is 1. The van der Waals surface area contributed by atoms with E-state index < -0.39 is 10.0 Å². The summed E-state index contributed by atoms with van der Waals surface area (Å²) in [6.45, 7) is 3.40. The number of likely N-dealkylation sites (tertiary alicyclic amines) is 1. The highest BCUT2D eigenvalue weighted by molar-refractivity contribution is 9.10. The number of hydrogen-bond acceptors (Lipinski definition) is 4. The molecule has 0 saturated carbocycles. The first-order valence-electron chi connectivity index (χ1n) is 7.83. The van der Waals surface area contributed by atoms with Crippen LogP contribution in [-0.4, -0.2) is 67.8 Å². The van der Waals surface area contributed by atoms with E-state index in [9.17, 15) is 13.2 Å². The molecule has 2 aliphatic heterocycles. The molecule has 0 unspecified atom stereocenters. The van der Waals surface area contributed by atoms with Crippen molar-refractivity contribution < 1.29 is 13.2 Å². The maximum atomic E-state index is 12.8. The first-order valence-corrected chi connectivity index (χ1v) is 10.4. The molecule has 0 atom stereocenters. The maximum absolute atomic E-state index is 12.8. The molecule has 132 valence electrons. The Labute approximate surface area is 155 Å². The van der Waals surface area contributed by atoms with Crippen molar-refractivity contribution in [3.8, 4) is 0 Å². The van der Waals surface area contributed by atoms with Crippen LogP contribution in [0.4, 0.5) is 0 Å². The lowest BCUT2D eigenvalue weighted by Gasteiger charge is -2.36. The number of carbonyl (C=O) groups excluding carboxylic acids is 1. The number of amides is 1. The lowest BCUT2D eigenvalue weighted by atomic mass is 10.4. The normalized spacial score (nSPS) is 20.8. The standard InChI is InChI=1S/C15H19BrClN3O3S/c16-12-3-4-14(13(17)10-12)24(22,23)20-8-6-18(7-9-20)11-19-5-1-2-15(19)21/h3-4,10H,1-2,5-9,11H2. The molecule has 9 heteroatoms. The molecule has 0 aromatic heterocycles. The van der Waals surface area contributed by atoms with Gasteiger partial charge in [-0.2, -0.15) is 4.31 Å². The Morgan fingerprint density at radius 3 is 2.42 bits per heavy atom. The van der Waals surface area contributed by atoms with Gasteiger partial charge in [-0.3, -0.25) is 9.69 Å². The Hall–Kier alpha value is -0.670. The third-order valence-corrected chi connectivity index (χ3v) is 7.26. The van der Waals surface area contributed by atoms with Gasteiger partial charge in [0.15, 0.2) is 0 Å². The van der Waals surface area contributed by atoms with Crippen molar-refractivity contribution in [2.75, 3.05) is 39.4 Å². The molecule has 0 N–H and O–H groups in total. The largest absolute Gasteiger partial charge is 0.330 e. The molecular formula is C15H19BrClN3O3S. The summed E-state index contributed by atoms with van der Waals surface area (Å²) in [6, 6.07) is 4.79. The van der Waals surface area contributed by atoms with Crippen LogP contribution in [0.25, 0.3) is 0 Å². The van der Waals surface area contributed by atoms with Crippen molar-refractivity contribution in [1.82, 2.24) is 14.1 Å². The summed E-state index contributed by atoms with van der Waals surface area (Å²) < 4.78 is 27.7. The number of halogens is 2. The highest BCUT2D eigenvalue weighted by Crippen LogP contribution is 2.28. The van der Waals surface area contributed by atoms with Crippen molar-refractivity contribution in [1.29, 1.82) is 0 Å². The van der Waals surface area contributed by atoms with Crippen LogP contribution in [0.15, 0.2) is 27.6 Å². The minimum absolute atomic E-state index is 0.135. The Bertz CT molecular complexity index is 735. The molecule has 6 nitrogen and oxygen atoms in total. The Balaban J connectivity index is 1.64. The van der Waals surface area contributed by atoms with Gasteiger partial charge in [0.2, 0.25) is 15.9 Å². The number of nitrogens with zero attached hydrogens (tertiary/aromatic N) is 3. The van der Waals surface area contributed by atoms with Crippen LogP contribution in [0, 0.1) is 0 Å². The van der Waals surface area contributed by atoms with Crippen LogP contribution in [0.1, 0.15) is 12.8 Å². The lowest BCUT2D eigenvalue weighted by molar-refractivity contribution is -0.129. The van der Waals surface area contributed by atoms with Crippen LogP contribution >= 0.6 is 27.5 Å². The van der Waals surface area contributed by atoms with E-state index >= 15 is 0 Å². The molecule has 0 bridgehead atoms. The van der Waals surface area contributed by atoms with Gasteiger partial charge >= 0.3 is 0 Å². The third-order valence-electron chi connectivity index (χ3n) is 4.39. The lowest BCUT2D eigenvalue weighted by Crippen LogP contribution is -2.51. The average Bonchev–Trinajstić information content (AvgIpc) is 2.92. The summed E-state index contributed by atoms with van der Waals surface area (Å²) in [5.74, 6) is 0.187. The van der Waals surface area contributed by atoms with Gasteiger partial charge in [0, 0.05) is 43.6 Å². The molecule has 2 fully saturated rings. The van der Waals surface area contributed by atoms with E-state index in [4.69, 9.17) is 11.6 Å². The van der Waals surface area contributed by atoms with E-state index in [2.05, 4.69) is 20.8 Å². The van der Waals surface area contributed by atoms with E-state index in [1.807, 2.05) is 4.90 Å². The van der Waals surface area contributed by atoms with Crippen molar-refractivity contribution >= 4 is 43.5 Å². The van der Waals surface area contributed by atoms with Gasteiger partial charge in [0.1, 0.15) is 4.90 Å². The minimum Gasteiger partial charge on any atom is -0.330 e. The predicted molar refractivity (Wildman–Crippen MR) is 95.3 cm³/mol. The first-order chi connectivity index (χ1) is 11.4. The summed E-state index contributed by atoms with van der Waals surface area (Å²) in [7, 11) is -3.60. The second-order valence-electron chi connectivity index (χ2n) is 6.00. The molecule has 0 aliphatic carbocycles. The summed E-state index contributed by atoms with van der Waals surface area (Å²) in [5, 5.41) is 0.217. The van der Waals surface area contributed by atoms with Gasteiger partial charge in [0.05, 0.1) is 11.7 Å². The summed E-state index contributed by atoms with van der Waals surface area (Å²) >= 11 is 9.38. The van der Waals surface area contributed by atoms with E-state index in [1.54, 1.807) is 12.1 Å². The van der Waals surface area contributed by atoms with Crippen LogP contribution in [0.5, 0.6) is 0 Å². The number of benzene rings is 1. The van der Waals surface area contributed by atoms with Crippen LogP contribution in [0.3, 0.4) is 0 Å². The summed E-state index contributed by atoms with van der Waals surface area (Å²) in [5.41, 5.74) is 0. The highest BCUT2D eigenvalue weighted by atomic mass is 79.9. The molecule has 2 aliphatic rings. The topological polar surface area (TPSA) is 60.9 Å². The van der Waals surface area contributed by atoms with Gasteiger partial charge in [-0.25, -0.2) is 8.42 Å². The Kier molecular flexibility index (Phi) is 5.51. The second kappa shape index (κ2) is 7.29. The van der Waals surface area contributed by atoms with E-state index in [1.165, 1.54) is 10.4 Å². The molecular weight excluding hydrogens is 418 g/mol. The molecule has 0 radical (unpaired) electrons. The van der Waals surface area contributed by atoms with Crippen molar-refractivity contribution in [2.24, 2.45) is 0 Å². The molecule has 1 aromatic carbocycles. The fraction of sp³-hybridized carbons (Fsp3) is 0.533. The van der Waals surface area contributed by atoms with Crippen LogP contribution in [-0.2, 0) is 14.8 Å². The highest BCUT2D eigenvalue weighted by Gasteiger charge is 2.31. The molecule has 0 spiro atoms. The van der Waals surface area contributed by atoms with E-state index in [-0.39, 0.29) is 15.8 Å². The average molecular weight is 437 g/mol. The van der Waals surface area contributed by atoms with Crippen molar-refractivity contribution in [3.63, 3.8) is 0 Å². The van der Waals surface area contributed by atoms with Crippen LogP contribution < -0.4 is 0 Å². The number of hydrogen-bond donors (Lipinski definition) is 0. The van der Waals surface area contributed by atoms with Crippen molar-refractivity contribution in [2.45, 2.75) is 17.7 Å². The quantitative estimate of drug-likeness (QED) is 0.724. The molecule has 2 saturated heterocycles. The zero-order valence-corrected chi connectivity index (χ0v) is 16.3.